The fourth-order valence-corrected chi connectivity index (χ4v) is 2.81. The van der Waals surface area contributed by atoms with Gasteiger partial charge in [0, 0.05) is 30.9 Å². The lowest BCUT2D eigenvalue weighted by Gasteiger charge is -2.20. The lowest BCUT2D eigenvalue weighted by Crippen LogP contribution is -2.34. The number of nitrogens with one attached hydrogen (secondary N) is 1. The molecule has 0 aromatic carbocycles. The van der Waals surface area contributed by atoms with Crippen LogP contribution in [0.2, 0.25) is 0 Å². The van der Waals surface area contributed by atoms with Crippen molar-refractivity contribution in [3.63, 3.8) is 0 Å². The average molecular weight is 284 g/mol. The third kappa shape index (κ3) is 4.33. The molecule has 0 aliphatic carbocycles. The third-order valence-electron chi connectivity index (χ3n) is 2.95. The molecule has 0 saturated carbocycles. The van der Waals surface area contributed by atoms with Crippen molar-refractivity contribution in [2.24, 2.45) is 5.92 Å². The van der Waals surface area contributed by atoms with Gasteiger partial charge in [-0.15, -0.1) is 11.3 Å². The predicted molar refractivity (Wildman–Crippen MR) is 75.6 cm³/mol. The highest BCUT2D eigenvalue weighted by atomic mass is 32.1. The molecule has 1 heterocycles. The minimum atomic E-state index is -0.888. The average Bonchev–Trinajstić information content (AvgIpc) is 2.69. The molecule has 0 bridgehead atoms. The van der Waals surface area contributed by atoms with E-state index in [-0.39, 0.29) is 11.8 Å². The zero-order chi connectivity index (χ0) is 14.6. The molecule has 0 saturated heterocycles. The van der Waals surface area contributed by atoms with Gasteiger partial charge in [-0.3, -0.25) is 4.79 Å². The molecule has 0 aliphatic heterocycles. The van der Waals surface area contributed by atoms with Gasteiger partial charge in [0.05, 0.1) is 0 Å². The second-order valence-corrected chi connectivity index (χ2v) is 5.97. The quantitative estimate of drug-likeness (QED) is 0.832. The maximum Gasteiger partial charge on any atom is 0.345 e. The van der Waals surface area contributed by atoms with Crippen LogP contribution < -0.4 is 5.32 Å². The second-order valence-electron chi connectivity index (χ2n) is 4.71. The zero-order valence-corrected chi connectivity index (χ0v) is 12.5. The molecule has 106 valence electrons. The Hall–Kier alpha value is -1.40. The summed E-state index contributed by atoms with van der Waals surface area (Å²) in [5, 5.41) is 11.6. The van der Waals surface area contributed by atoms with E-state index < -0.39 is 5.97 Å². The summed E-state index contributed by atoms with van der Waals surface area (Å²) in [7, 11) is 3.55. The molecule has 0 fully saturated rings. The van der Waals surface area contributed by atoms with Crippen molar-refractivity contribution in [3.05, 3.63) is 21.4 Å². The van der Waals surface area contributed by atoms with Crippen molar-refractivity contribution < 1.29 is 14.7 Å². The van der Waals surface area contributed by atoms with E-state index in [1.807, 2.05) is 25.8 Å². The van der Waals surface area contributed by atoms with Gasteiger partial charge >= 0.3 is 5.97 Å². The number of aromatic carboxylic acids is 1. The first-order valence-electron chi connectivity index (χ1n) is 6.07. The highest BCUT2D eigenvalue weighted by molar-refractivity contribution is 7.14. The minimum absolute atomic E-state index is 0.0140. The first-order chi connectivity index (χ1) is 8.85. The SMILES string of the molecule is CNC(=O)C(C)CN(C)Cc1cc(C(=O)O)sc1C. The summed E-state index contributed by atoms with van der Waals surface area (Å²) >= 11 is 1.29. The summed E-state index contributed by atoms with van der Waals surface area (Å²) in [5.41, 5.74) is 1.01. The molecule has 1 rings (SSSR count). The Morgan fingerprint density at radius 3 is 2.63 bits per heavy atom. The molecule has 0 spiro atoms. The number of nitrogens with zero attached hydrogens (tertiary/aromatic N) is 1. The summed E-state index contributed by atoms with van der Waals surface area (Å²) in [6, 6.07) is 1.71. The van der Waals surface area contributed by atoms with E-state index in [4.69, 9.17) is 5.11 Å². The number of thiophene rings is 1. The van der Waals surface area contributed by atoms with Gasteiger partial charge in [0.1, 0.15) is 4.88 Å². The van der Waals surface area contributed by atoms with Crippen LogP contribution >= 0.6 is 11.3 Å². The van der Waals surface area contributed by atoms with E-state index in [0.29, 0.717) is 18.0 Å². The van der Waals surface area contributed by atoms with Crippen LogP contribution in [0.4, 0.5) is 0 Å². The van der Waals surface area contributed by atoms with Crippen molar-refractivity contribution in [2.45, 2.75) is 20.4 Å². The number of aryl methyl sites for hydroxylation is 1. The Balaban J connectivity index is 2.64. The number of hydrogen-bond donors (Lipinski definition) is 2. The fourth-order valence-electron chi connectivity index (χ4n) is 1.93. The Bertz CT molecular complexity index is 470. The number of carboxylic acid groups (broad SMARTS) is 1. The lowest BCUT2D eigenvalue weighted by atomic mass is 10.1. The van der Waals surface area contributed by atoms with Crippen molar-refractivity contribution >= 4 is 23.2 Å². The molecule has 6 heteroatoms. The van der Waals surface area contributed by atoms with Gasteiger partial charge in [-0.05, 0) is 25.6 Å². The van der Waals surface area contributed by atoms with Crippen LogP contribution in [0.15, 0.2) is 6.07 Å². The topological polar surface area (TPSA) is 69.6 Å². The highest BCUT2D eigenvalue weighted by Gasteiger charge is 2.16. The van der Waals surface area contributed by atoms with Crippen LogP contribution in [-0.2, 0) is 11.3 Å². The summed E-state index contributed by atoms with van der Waals surface area (Å²) < 4.78 is 0. The van der Waals surface area contributed by atoms with Crippen LogP contribution in [0.25, 0.3) is 0 Å². The van der Waals surface area contributed by atoms with Crippen LogP contribution in [0.5, 0.6) is 0 Å². The number of rotatable bonds is 6. The molecule has 1 unspecified atom stereocenters. The fraction of sp³-hybridized carbons (Fsp3) is 0.538. The maximum atomic E-state index is 11.4. The first-order valence-corrected chi connectivity index (χ1v) is 6.89. The van der Waals surface area contributed by atoms with Crippen molar-refractivity contribution in [1.29, 1.82) is 0 Å². The lowest BCUT2D eigenvalue weighted by molar-refractivity contribution is -0.124. The van der Waals surface area contributed by atoms with E-state index in [9.17, 15) is 9.59 Å². The van der Waals surface area contributed by atoms with E-state index in [2.05, 4.69) is 5.32 Å². The van der Waals surface area contributed by atoms with E-state index >= 15 is 0 Å². The number of carbonyl (C=O) groups is 2. The monoisotopic (exact) mass is 284 g/mol. The van der Waals surface area contributed by atoms with Crippen LogP contribution in [0.3, 0.4) is 0 Å². The van der Waals surface area contributed by atoms with Gasteiger partial charge in [-0.25, -0.2) is 4.79 Å². The van der Waals surface area contributed by atoms with E-state index in [0.717, 1.165) is 10.4 Å². The van der Waals surface area contributed by atoms with Gasteiger partial charge in [-0.1, -0.05) is 6.92 Å². The molecular weight excluding hydrogens is 264 g/mol. The Kier molecular flexibility index (Phi) is 5.50. The molecule has 1 atom stereocenters. The Morgan fingerprint density at radius 1 is 1.53 bits per heavy atom. The maximum absolute atomic E-state index is 11.4. The summed E-state index contributed by atoms with van der Waals surface area (Å²) in [6.45, 7) is 5.08. The van der Waals surface area contributed by atoms with Crippen molar-refractivity contribution in [1.82, 2.24) is 10.2 Å². The van der Waals surface area contributed by atoms with Crippen molar-refractivity contribution in [2.75, 3.05) is 20.6 Å². The van der Waals surface area contributed by atoms with Crippen molar-refractivity contribution in [3.8, 4) is 0 Å². The summed E-state index contributed by atoms with van der Waals surface area (Å²) in [5.74, 6) is -0.964. The van der Waals surface area contributed by atoms with E-state index in [1.165, 1.54) is 11.3 Å². The number of carbonyl (C=O) groups excluding carboxylic acids is 1. The molecule has 1 amide bonds. The van der Waals surface area contributed by atoms with Gasteiger partial charge in [-0.2, -0.15) is 0 Å². The van der Waals surface area contributed by atoms with E-state index in [1.54, 1.807) is 13.1 Å². The molecule has 19 heavy (non-hydrogen) atoms. The molecule has 0 aliphatic rings. The first kappa shape index (κ1) is 15.7. The van der Waals surface area contributed by atoms with Crippen LogP contribution in [0.1, 0.15) is 27.0 Å². The minimum Gasteiger partial charge on any atom is -0.477 e. The zero-order valence-electron chi connectivity index (χ0n) is 11.7. The Labute approximate surface area is 117 Å². The van der Waals surface area contributed by atoms with Gasteiger partial charge in [0.15, 0.2) is 0 Å². The number of hydrogen-bond acceptors (Lipinski definition) is 4. The second kappa shape index (κ2) is 6.68. The highest BCUT2D eigenvalue weighted by Crippen LogP contribution is 2.22. The third-order valence-corrected chi connectivity index (χ3v) is 4.03. The van der Waals surface area contributed by atoms with Gasteiger partial charge in [0.25, 0.3) is 0 Å². The molecular formula is C13H20N2O3S. The molecule has 2 N–H and O–H groups in total. The van der Waals surface area contributed by atoms with Gasteiger partial charge in [0.2, 0.25) is 5.91 Å². The standard InChI is InChI=1S/C13H20N2O3S/c1-8(12(16)14-3)6-15(4)7-10-5-11(13(17)18)19-9(10)2/h5,8H,6-7H2,1-4H3,(H,14,16)(H,17,18). The molecule has 0 radical (unpaired) electrons. The summed E-state index contributed by atoms with van der Waals surface area (Å²) in [6.07, 6.45) is 0. The van der Waals surface area contributed by atoms with Gasteiger partial charge < -0.3 is 15.3 Å². The number of carboxylic acids is 1. The molecule has 1 aromatic rings. The van der Waals surface area contributed by atoms with Crippen LogP contribution in [-0.4, -0.2) is 42.5 Å². The number of amides is 1. The summed E-state index contributed by atoms with van der Waals surface area (Å²) in [4.78, 5) is 25.7. The normalized spacial score (nSPS) is 12.5. The molecule has 5 nitrogen and oxygen atoms in total. The predicted octanol–water partition coefficient (Wildman–Crippen LogP) is 1.57. The smallest absolute Gasteiger partial charge is 0.345 e. The largest absolute Gasteiger partial charge is 0.477 e. The Morgan fingerprint density at radius 2 is 2.16 bits per heavy atom. The molecule has 1 aromatic heterocycles. The van der Waals surface area contributed by atoms with Crippen LogP contribution in [0, 0.1) is 12.8 Å².